The third-order valence-electron chi connectivity index (χ3n) is 2.19. The molecule has 0 fully saturated rings. The molecular weight excluding hydrogens is 204 g/mol. The molecule has 0 aliphatic carbocycles. The molecule has 0 saturated heterocycles. The number of carbonyl (C=O) groups excluding carboxylic acids is 1. The number of ether oxygens (including phenoxy) is 1. The number of likely N-dealkylation sites (N-methyl/N-ethyl adjacent to an activating group) is 1. The van der Waals surface area contributed by atoms with Gasteiger partial charge >= 0.3 is 5.97 Å². The highest BCUT2D eigenvalue weighted by atomic mass is 16.5. The van der Waals surface area contributed by atoms with Crippen molar-refractivity contribution >= 4 is 11.7 Å². The van der Waals surface area contributed by atoms with Crippen molar-refractivity contribution < 1.29 is 9.53 Å². The number of carbonyl (C=O) groups is 1. The van der Waals surface area contributed by atoms with Crippen LogP contribution in [0.2, 0.25) is 0 Å². The van der Waals surface area contributed by atoms with E-state index in [0.29, 0.717) is 5.56 Å². The molecule has 4 nitrogen and oxygen atoms in total. The molecule has 1 aromatic rings. The minimum atomic E-state index is -0.306. The number of hydrogen-bond donors (Lipinski definition) is 2. The van der Waals surface area contributed by atoms with E-state index >= 15 is 0 Å². The highest BCUT2D eigenvalue weighted by Crippen LogP contribution is 2.09. The largest absolute Gasteiger partial charge is 0.465 e. The Morgan fingerprint density at radius 2 is 1.94 bits per heavy atom. The highest BCUT2D eigenvalue weighted by Gasteiger charge is 2.03. The molecule has 0 unspecified atom stereocenters. The van der Waals surface area contributed by atoms with E-state index in [1.807, 2.05) is 12.1 Å². The molecule has 88 valence electrons. The van der Waals surface area contributed by atoms with Crippen LogP contribution in [0.1, 0.15) is 17.3 Å². The standard InChI is InChI=1S/C12H18N2O2/c1-3-13-8-9-14-11-6-4-10(5-7-11)12(15)16-2/h4-7,13-14H,3,8-9H2,1-2H3. The molecule has 1 aromatic carbocycles. The number of benzene rings is 1. The molecule has 0 aromatic heterocycles. The predicted octanol–water partition coefficient (Wildman–Crippen LogP) is 1.49. The summed E-state index contributed by atoms with van der Waals surface area (Å²) in [7, 11) is 1.38. The second kappa shape index (κ2) is 6.85. The van der Waals surface area contributed by atoms with Crippen molar-refractivity contribution in [2.24, 2.45) is 0 Å². The van der Waals surface area contributed by atoms with Gasteiger partial charge < -0.3 is 15.4 Å². The van der Waals surface area contributed by atoms with Crippen LogP contribution >= 0.6 is 0 Å². The molecule has 0 aliphatic rings. The number of methoxy groups -OCH3 is 1. The van der Waals surface area contributed by atoms with Crippen LogP contribution in [-0.2, 0) is 4.74 Å². The zero-order valence-corrected chi connectivity index (χ0v) is 9.75. The number of hydrogen-bond acceptors (Lipinski definition) is 4. The molecule has 0 aliphatic heterocycles. The first-order chi connectivity index (χ1) is 7.77. The molecule has 0 amide bonds. The summed E-state index contributed by atoms with van der Waals surface area (Å²) in [6.45, 7) is 4.84. The zero-order chi connectivity index (χ0) is 11.8. The van der Waals surface area contributed by atoms with Gasteiger partial charge in [0.05, 0.1) is 12.7 Å². The molecule has 16 heavy (non-hydrogen) atoms. The minimum absolute atomic E-state index is 0.306. The van der Waals surface area contributed by atoms with Gasteiger partial charge in [0.15, 0.2) is 0 Å². The molecule has 0 saturated carbocycles. The number of anilines is 1. The van der Waals surface area contributed by atoms with Crippen molar-refractivity contribution in [3.8, 4) is 0 Å². The van der Waals surface area contributed by atoms with Crippen molar-refractivity contribution in [2.45, 2.75) is 6.92 Å². The van der Waals surface area contributed by atoms with Crippen molar-refractivity contribution in [3.63, 3.8) is 0 Å². The number of rotatable bonds is 6. The van der Waals surface area contributed by atoms with Crippen molar-refractivity contribution in [1.82, 2.24) is 5.32 Å². The van der Waals surface area contributed by atoms with Crippen LogP contribution in [0.15, 0.2) is 24.3 Å². The van der Waals surface area contributed by atoms with Gasteiger partial charge in [-0.15, -0.1) is 0 Å². The molecule has 0 atom stereocenters. The van der Waals surface area contributed by atoms with Crippen molar-refractivity contribution in [3.05, 3.63) is 29.8 Å². The van der Waals surface area contributed by atoms with Crippen LogP contribution < -0.4 is 10.6 Å². The van der Waals surface area contributed by atoms with E-state index in [-0.39, 0.29) is 5.97 Å². The van der Waals surface area contributed by atoms with E-state index in [2.05, 4.69) is 22.3 Å². The third kappa shape index (κ3) is 3.90. The lowest BCUT2D eigenvalue weighted by Crippen LogP contribution is -2.21. The Labute approximate surface area is 96.0 Å². The van der Waals surface area contributed by atoms with Gasteiger partial charge in [0.2, 0.25) is 0 Å². The number of nitrogens with one attached hydrogen (secondary N) is 2. The Balaban J connectivity index is 2.42. The summed E-state index contributed by atoms with van der Waals surface area (Å²) in [5.74, 6) is -0.306. The lowest BCUT2D eigenvalue weighted by atomic mass is 10.2. The lowest BCUT2D eigenvalue weighted by Gasteiger charge is -2.07. The van der Waals surface area contributed by atoms with Gasteiger partial charge in [-0.1, -0.05) is 6.92 Å². The second-order valence-corrected chi connectivity index (χ2v) is 3.35. The quantitative estimate of drug-likeness (QED) is 0.565. The maximum atomic E-state index is 11.2. The molecule has 0 bridgehead atoms. The maximum absolute atomic E-state index is 11.2. The van der Waals surface area contributed by atoms with Crippen molar-refractivity contribution in [1.29, 1.82) is 0 Å². The summed E-state index contributed by atoms with van der Waals surface area (Å²) in [4.78, 5) is 11.2. The second-order valence-electron chi connectivity index (χ2n) is 3.35. The Bertz CT molecular complexity index is 322. The summed E-state index contributed by atoms with van der Waals surface area (Å²) in [5.41, 5.74) is 1.57. The minimum Gasteiger partial charge on any atom is -0.465 e. The smallest absolute Gasteiger partial charge is 0.337 e. The van der Waals surface area contributed by atoms with Crippen LogP contribution in [-0.4, -0.2) is 32.7 Å². The molecule has 2 N–H and O–H groups in total. The Morgan fingerprint density at radius 3 is 2.50 bits per heavy atom. The topological polar surface area (TPSA) is 50.4 Å². The van der Waals surface area contributed by atoms with Gasteiger partial charge in [0, 0.05) is 18.8 Å². The van der Waals surface area contributed by atoms with E-state index in [0.717, 1.165) is 25.3 Å². The third-order valence-corrected chi connectivity index (χ3v) is 2.19. The van der Waals surface area contributed by atoms with E-state index < -0.39 is 0 Å². The Kier molecular flexibility index (Phi) is 5.36. The zero-order valence-electron chi connectivity index (χ0n) is 9.75. The number of esters is 1. The normalized spacial score (nSPS) is 9.88. The van der Waals surface area contributed by atoms with Crippen LogP contribution in [0.3, 0.4) is 0 Å². The fourth-order valence-corrected chi connectivity index (χ4v) is 1.31. The summed E-state index contributed by atoms with van der Waals surface area (Å²) >= 11 is 0. The fourth-order valence-electron chi connectivity index (χ4n) is 1.31. The molecule has 0 heterocycles. The fraction of sp³-hybridized carbons (Fsp3) is 0.417. The van der Waals surface area contributed by atoms with Crippen LogP contribution in [0.4, 0.5) is 5.69 Å². The van der Waals surface area contributed by atoms with E-state index in [1.165, 1.54) is 7.11 Å². The van der Waals surface area contributed by atoms with Crippen molar-refractivity contribution in [2.75, 3.05) is 32.1 Å². The maximum Gasteiger partial charge on any atom is 0.337 e. The Morgan fingerprint density at radius 1 is 1.25 bits per heavy atom. The van der Waals surface area contributed by atoms with E-state index in [4.69, 9.17) is 0 Å². The summed E-state index contributed by atoms with van der Waals surface area (Å²) in [6, 6.07) is 7.25. The molecular formula is C12H18N2O2. The first-order valence-corrected chi connectivity index (χ1v) is 5.41. The van der Waals surface area contributed by atoms with Gasteiger partial charge in [-0.05, 0) is 30.8 Å². The van der Waals surface area contributed by atoms with E-state index in [9.17, 15) is 4.79 Å². The summed E-state index contributed by atoms with van der Waals surface area (Å²) < 4.78 is 4.62. The monoisotopic (exact) mass is 222 g/mol. The average Bonchev–Trinajstić information content (AvgIpc) is 2.34. The summed E-state index contributed by atoms with van der Waals surface area (Å²) in [6.07, 6.45) is 0. The van der Waals surface area contributed by atoms with E-state index in [1.54, 1.807) is 12.1 Å². The molecule has 0 radical (unpaired) electrons. The highest BCUT2D eigenvalue weighted by molar-refractivity contribution is 5.89. The first kappa shape index (κ1) is 12.5. The van der Waals surface area contributed by atoms with Gasteiger partial charge in [-0.3, -0.25) is 0 Å². The van der Waals surface area contributed by atoms with Crippen LogP contribution in [0.25, 0.3) is 0 Å². The average molecular weight is 222 g/mol. The van der Waals surface area contributed by atoms with Crippen LogP contribution in [0.5, 0.6) is 0 Å². The predicted molar refractivity (Wildman–Crippen MR) is 64.8 cm³/mol. The Hall–Kier alpha value is -1.55. The first-order valence-electron chi connectivity index (χ1n) is 5.41. The van der Waals surface area contributed by atoms with Gasteiger partial charge in [0.1, 0.15) is 0 Å². The van der Waals surface area contributed by atoms with Crippen LogP contribution in [0, 0.1) is 0 Å². The van der Waals surface area contributed by atoms with Gasteiger partial charge in [-0.25, -0.2) is 4.79 Å². The summed E-state index contributed by atoms with van der Waals surface area (Å²) in [5, 5.41) is 6.47. The van der Waals surface area contributed by atoms with Gasteiger partial charge in [0.25, 0.3) is 0 Å². The van der Waals surface area contributed by atoms with Gasteiger partial charge in [-0.2, -0.15) is 0 Å². The molecule has 4 heteroatoms. The SMILES string of the molecule is CCNCCNc1ccc(C(=O)OC)cc1. The molecule has 1 rings (SSSR count). The molecule has 0 spiro atoms. The lowest BCUT2D eigenvalue weighted by molar-refractivity contribution is 0.0601.